The Balaban J connectivity index is 0.000000216. The van der Waals surface area contributed by atoms with Gasteiger partial charge in [-0.15, -0.1) is 0 Å². The van der Waals surface area contributed by atoms with Crippen LogP contribution in [0.25, 0.3) is 21.9 Å². The summed E-state index contributed by atoms with van der Waals surface area (Å²) in [5, 5.41) is 65.8. The molecule has 1 radical (unpaired) electrons. The van der Waals surface area contributed by atoms with Crippen LogP contribution in [0.4, 0.5) is 22.7 Å². The summed E-state index contributed by atoms with van der Waals surface area (Å²) < 4.78 is 73.1. The summed E-state index contributed by atoms with van der Waals surface area (Å²) in [6.45, 7) is 4.03. The van der Waals surface area contributed by atoms with E-state index in [1.807, 2.05) is 38.1 Å². The number of hydrogen-bond donors (Lipinski definition) is 13. The maximum atomic E-state index is 11.1. The molecule has 0 spiro atoms. The first kappa shape index (κ1) is 56.5. The number of phenols is 6. The monoisotopic (exact) mass is 1030 g/mol. The summed E-state index contributed by atoms with van der Waals surface area (Å²) in [6.07, 6.45) is 0. The van der Waals surface area contributed by atoms with Crippen molar-refractivity contribution >= 4 is 89.3 Å². The van der Waals surface area contributed by atoms with Crippen molar-refractivity contribution in [2.24, 2.45) is 0 Å². The number of fused-ring (bicyclic) bond motifs is 1. The summed E-state index contributed by atoms with van der Waals surface area (Å²) in [5.41, 5.74) is 29.0. The summed E-state index contributed by atoms with van der Waals surface area (Å²) >= 11 is 0. The number of hydrogen-bond acceptors (Lipinski definition) is 17. The Morgan fingerprint density at radius 2 is 0.833 bits per heavy atom. The van der Waals surface area contributed by atoms with Gasteiger partial charge in [-0.2, -0.15) is 16.8 Å². The first-order valence-electron chi connectivity index (χ1n) is 20.2. The van der Waals surface area contributed by atoms with Crippen molar-refractivity contribution in [2.45, 2.75) is 23.6 Å². The van der Waals surface area contributed by atoms with Gasteiger partial charge in [0.05, 0.1) is 15.4 Å². The second-order valence-corrected chi connectivity index (χ2v) is 18.1. The standard InChI is InChI=1S/C18H14O7.C14H16N2.C10H9NO7S2.C7H7NO2.Na/c19-10-1-11(20)4-15(3-10)24-17-7-14(23)8-18(9-17)25-16-5-12(21)2-13(22)6-16;1-9-7-11(3-5-13(9)15)12-4-6-14(16)10(2)8-12;11-8-3-6(19(13,14)15)1-5-2-7(20(16,17)18)4-9(12)10(5)8;8-6-4-2-1-3-5(6)7(9)10;/h1-9,19-23H;3-8H,15-16H2,1-2H3;1-4,12H,11H2,(H,13,14,15)(H,16,17,18);1-4H,8H2,(H,9,10);. The van der Waals surface area contributed by atoms with Gasteiger partial charge in [-0.3, -0.25) is 9.11 Å². The molecule has 23 heteroatoms. The van der Waals surface area contributed by atoms with Gasteiger partial charge in [0, 0.05) is 118 Å². The van der Waals surface area contributed by atoms with Crippen molar-refractivity contribution in [3.05, 3.63) is 156 Å². The number of benzene rings is 8. The quantitative estimate of drug-likeness (QED) is 0.0388. The molecule has 0 fully saturated rings. The van der Waals surface area contributed by atoms with Crippen LogP contribution in [-0.4, -0.2) is 97.2 Å². The number of phenolic OH excluding ortho intramolecular Hbond substituents is 6. The van der Waals surface area contributed by atoms with E-state index in [-0.39, 0.29) is 103 Å². The van der Waals surface area contributed by atoms with Crippen molar-refractivity contribution in [3.8, 4) is 68.6 Å². The van der Waals surface area contributed by atoms with Gasteiger partial charge in [-0.25, -0.2) is 4.79 Å². The number of nitrogen functional groups attached to an aromatic ring is 4. The summed E-state index contributed by atoms with van der Waals surface area (Å²) in [5.74, 6) is -1.72. The van der Waals surface area contributed by atoms with Crippen molar-refractivity contribution in [2.75, 3.05) is 22.9 Å². The molecule has 0 bridgehead atoms. The van der Waals surface area contributed by atoms with Gasteiger partial charge in [-0.1, -0.05) is 24.3 Å². The molecule has 0 heterocycles. The van der Waals surface area contributed by atoms with Crippen LogP contribution < -0.4 is 32.4 Å². The zero-order valence-corrected chi connectivity index (χ0v) is 41.9. The molecular weight excluding hydrogens is 988 g/mol. The maximum Gasteiger partial charge on any atom is 0.337 e. The van der Waals surface area contributed by atoms with Crippen LogP contribution in [0.5, 0.6) is 57.5 Å². The number of aromatic carboxylic acids is 1. The van der Waals surface area contributed by atoms with E-state index in [0.717, 1.165) is 58.9 Å². The van der Waals surface area contributed by atoms with Crippen LogP contribution >= 0.6 is 0 Å². The Morgan fingerprint density at radius 3 is 1.19 bits per heavy atom. The number of rotatable bonds is 8. The third-order valence-electron chi connectivity index (χ3n) is 9.75. The van der Waals surface area contributed by atoms with E-state index < -0.39 is 41.7 Å². The molecule has 8 aromatic rings. The molecule has 0 aliphatic carbocycles. The topological polar surface area (TPSA) is 390 Å². The summed E-state index contributed by atoms with van der Waals surface area (Å²) in [7, 11) is -9.14. The summed E-state index contributed by atoms with van der Waals surface area (Å²) in [6, 6.07) is 33.6. The van der Waals surface area contributed by atoms with E-state index in [9.17, 15) is 52.3 Å². The summed E-state index contributed by atoms with van der Waals surface area (Å²) in [4.78, 5) is 9.15. The third-order valence-corrected chi connectivity index (χ3v) is 11.4. The predicted molar refractivity (Wildman–Crippen MR) is 271 cm³/mol. The number of aromatic hydroxyl groups is 6. The normalized spacial score (nSPS) is 10.7. The number of aryl methyl sites for hydroxylation is 2. The van der Waals surface area contributed by atoms with E-state index in [0.29, 0.717) is 5.69 Å². The fraction of sp³-hybridized carbons (Fsp3) is 0.0408. The predicted octanol–water partition coefficient (Wildman–Crippen LogP) is 8.14. The Labute approximate surface area is 434 Å². The van der Waals surface area contributed by atoms with Crippen LogP contribution in [-0.2, 0) is 20.2 Å². The fourth-order valence-electron chi connectivity index (χ4n) is 6.37. The first-order valence-corrected chi connectivity index (χ1v) is 23.1. The molecular formula is C49H46N4NaO16S2. The number of carboxylic acid groups (broad SMARTS) is 1. The van der Waals surface area contributed by atoms with Gasteiger partial charge in [0.1, 0.15) is 57.5 Å². The number of ether oxygens (including phenoxy) is 2. The Hall–Kier alpha value is -8.09. The molecule has 0 saturated heterocycles. The fourth-order valence-corrected chi connectivity index (χ4v) is 7.46. The van der Waals surface area contributed by atoms with Crippen molar-refractivity contribution in [1.29, 1.82) is 0 Å². The van der Waals surface area contributed by atoms with Gasteiger partial charge in [0.15, 0.2) is 0 Å². The minimum atomic E-state index is -4.59. The molecule has 0 amide bonds. The smallest absolute Gasteiger partial charge is 0.337 e. The largest absolute Gasteiger partial charge is 0.508 e. The van der Waals surface area contributed by atoms with Crippen LogP contribution in [0.2, 0.25) is 0 Å². The molecule has 8 rings (SSSR count). The van der Waals surface area contributed by atoms with Gasteiger partial charge < -0.3 is 68.2 Å². The Morgan fingerprint density at radius 1 is 0.458 bits per heavy atom. The van der Waals surface area contributed by atoms with E-state index in [2.05, 4.69) is 12.1 Å². The van der Waals surface area contributed by atoms with E-state index in [4.69, 9.17) is 46.6 Å². The molecule has 20 nitrogen and oxygen atoms in total. The zero-order valence-electron chi connectivity index (χ0n) is 38.3. The molecule has 17 N–H and O–H groups in total. The third kappa shape index (κ3) is 15.7. The number of anilines is 4. The first-order chi connectivity index (χ1) is 33.2. The Bertz CT molecular complexity index is 3290. The van der Waals surface area contributed by atoms with E-state index in [1.165, 1.54) is 59.7 Å². The van der Waals surface area contributed by atoms with Gasteiger partial charge >= 0.3 is 5.97 Å². The number of carboxylic acids is 1. The van der Waals surface area contributed by atoms with Gasteiger partial charge in [-0.05, 0) is 96.1 Å². The molecule has 8 aromatic carbocycles. The van der Waals surface area contributed by atoms with E-state index in [1.54, 1.807) is 18.2 Å². The van der Waals surface area contributed by atoms with E-state index >= 15 is 0 Å². The van der Waals surface area contributed by atoms with Crippen LogP contribution in [0.15, 0.2) is 149 Å². The van der Waals surface area contributed by atoms with Crippen molar-refractivity contribution in [1.82, 2.24) is 0 Å². The minimum Gasteiger partial charge on any atom is -0.508 e. The zero-order chi connectivity index (χ0) is 52.5. The van der Waals surface area contributed by atoms with Crippen molar-refractivity contribution in [3.63, 3.8) is 0 Å². The Kier molecular flexibility index (Phi) is 18.6. The van der Waals surface area contributed by atoms with Crippen LogP contribution in [0, 0.1) is 13.8 Å². The SMILES string of the molecule is Cc1cc(-c2ccc(N)c(C)c2)ccc1N.Nc1cc(S(=O)(=O)O)cc2cc(S(=O)(=O)O)cc(O)c12.Nc1ccccc1C(=O)O.Oc1cc(O)cc(Oc2cc(O)cc(Oc3cc(O)cc(O)c3)c2)c1.[Na]. The van der Waals surface area contributed by atoms with Gasteiger partial charge in [0.2, 0.25) is 0 Å². The molecule has 0 atom stereocenters. The molecule has 371 valence electrons. The van der Waals surface area contributed by atoms with Crippen LogP contribution in [0.3, 0.4) is 0 Å². The van der Waals surface area contributed by atoms with Crippen LogP contribution in [0.1, 0.15) is 21.5 Å². The molecule has 0 aliphatic heterocycles. The average Bonchev–Trinajstić information content (AvgIpc) is 3.24. The van der Waals surface area contributed by atoms with Crippen molar-refractivity contribution < 1.29 is 76.0 Å². The second kappa shape index (κ2) is 23.7. The molecule has 0 unspecified atom stereocenters. The molecule has 0 saturated carbocycles. The number of carbonyl (C=O) groups is 1. The number of para-hydroxylation sites is 1. The maximum absolute atomic E-state index is 11.1. The molecule has 72 heavy (non-hydrogen) atoms. The molecule has 0 aromatic heterocycles. The molecule has 0 aliphatic rings. The second-order valence-electron chi connectivity index (χ2n) is 15.3. The van der Waals surface area contributed by atoms with Gasteiger partial charge in [0.25, 0.3) is 20.2 Å². The minimum absolute atomic E-state index is 0. The number of nitrogens with two attached hydrogens (primary N) is 4. The average molecular weight is 1030 g/mol.